The third-order valence-corrected chi connectivity index (χ3v) is 2.50. The van der Waals surface area contributed by atoms with E-state index in [0.29, 0.717) is 6.54 Å². The van der Waals surface area contributed by atoms with Crippen LogP contribution in [0.5, 0.6) is 0 Å². The van der Waals surface area contributed by atoms with Crippen LogP contribution in [0.2, 0.25) is 0 Å². The highest BCUT2D eigenvalue weighted by molar-refractivity contribution is 5.20. The third-order valence-electron chi connectivity index (χ3n) is 2.50. The van der Waals surface area contributed by atoms with Crippen molar-refractivity contribution in [1.29, 1.82) is 0 Å². The van der Waals surface area contributed by atoms with Crippen molar-refractivity contribution in [2.24, 2.45) is 0 Å². The van der Waals surface area contributed by atoms with Crippen LogP contribution in [-0.4, -0.2) is 14.9 Å². The van der Waals surface area contributed by atoms with Crippen LogP contribution in [0.4, 0.5) is 0 Å². The van der Waals surface area contributed by atoms with Gasteiger partial charge in [0.15, 0.2) is 0 Å². The summed E-state index contributed by atoms with van der Waals surface area (Å²) in [4.78, 5) is 11.6. The fourth-order valence-electron chi connectivity index (χ4n) is 1.52. The van der Waals surface area contributed by atoms with Crippen molar-refractivity contribution >= 4 is 0 Å². The Kier molecular flexibility index (Phi) is 2.60. The van der Waals surface area contributed by atoms with Crippen LogP contribution in [0.25, 0.3) is 0 Å². The predicted molar refractivity (Wildman–Crippen MR) is 58.3 cm³/mol. The zero-order valence-corrected chi connectivity index (χ0v) is 9.52. The van der Waals surface area contributed by atoms with Gasteiger partial charge in [0.1, 0.15) is 5.76 Å². The van der Waals surface area contributed by atoms with Crippen LogP contribution >= 0.6 is 0 Å². The smallest absolute Gasteiger partial charge is 0.267 e. The van der Waals surface area contributed by atoms with Gasteiger partial charge in [-0.3, -0.25) is 4.79 Å². The third kappa shape index (κ3) is 1.88. The molecule has 5 heteroatoms. The van der Waals surface area contributed by atoms with Crippen LogP contribution in [-0.2, 0) is 6.54 Å². The average molecular weight is 219 g/mol. The van der Waals surface area contributed by atoms with Gasteiger partial charge >= 0.3 is 0 Å². The number of rotatable bonds is 2. The second-order valence-electron chi connectivity index (χ2n) is 3.83. The summed E-state index contributed by atoms with van der Waals surface area (Å²) < 4.78 is 6.44. The van der Waals surface area contributed by atoms with Gasteiger partial charge in [0, 0.05) is 11.6 Å². The minimum Gasteiger partial charge on any atom is -0.361 e. The Morgan fingerprint density at radius 3 is 2.69 bits per heavy atom. The molecule has 5 nitrogen and oxygen atoms in total. The lowest BCUT2D eigenvalue weighted by Gasteiger charge is -2.03. The Hall–Kier alpha value is -1.91. The van der Waals surface area contributed by atoms with Gasteiger partial charge in [-0.25, -0.2) is 4.68 Å². The number of aromatic nitrogens is 3. The average Bonchev–Trinajstić information content (AvgIpc) is 2.53. The Morgan fingerprint density at radius 1 is 1.38 bits per heavy atom. The molecule has 2 heterocycles. The predicted octanol–water partition coefficient (Wildman–Crippen LogP) is 1.20. The highest BCUT2D eigenvalue weighted by Crippen LogP contribution is 2.12. The fraction of sp³-hybridized carbons (Fsp3) is 0.364. The molecule has 0 amide bonds. The molecule has 84 valence electrons. The van der Waals surface area contributed by atoms with Crippen LogP contribution in [0.15, 0.2) is 21.6 Å². The Bertz CT molecular complexity index is 549. The molecule has 0 atom stereocenters. The lowest BCUT2D eigenvalue weighted by atomic mass is 10.2. The summed E-state index contributed by atoms with van der Waals surface area (Å²) in [6.07, 6.45) is 1.67. The molecule has 0 spiro atoms. The topological polar surface area (TPSA) is 60.9 Å². The normalized spacial score (nSPS) is 10.7. The highest BCUT2D eigenvalue weighted by atomic mass is 16.5. The molecule has 0 N–H and O–H groups in total. The van der Waals surface area contributed by atoms with Gasteiger partial charge in [-0.2, -0.15) is 5.10 Å². The summed E-state index contributed by atoms with van der Waals surface area (Å²) in [5.41, 5.74) is 2.46. The van der Waals surface area contributed by atoms with E-state index in [1.165, 1.54) is 4.68 Å². The molecular weight excluding hydrogens is 206 g/mol. The van der Waals surface area contributed by atoms with Crippen molar-refractivity contribution in [3.63, 3.8) is 0 Å². The van der Waals surface area contributed by atoms with Gasteiger partial charge in [0.2, 0.25) is 0 Å². The van der Waals surface area contributed by atoms with Gasteiger partial charge < -0.3 is 4.52 Å². The highest BCUT2D eigenvalue weighted by Gasteiger charge is 2.10. The monoisotopic (exact) mass is 219 g/mol. The van der Waals surface area contributed by atoms with E-state index in [1.54, 1.807) is 12.3 Å². The lowest BCUT2D eigenvalue weighted by molar-refractivity contribution is 0.391. The summed E-state index contributed by atoms with van der Waals surface area (Å²) in [6.45, 7) is 5.93. The molecule has 0 aromatic carbocycles. The van der Waals surface area contributed by atoms with Crippen molar-refractivity contribution in [2.75, 3.05) is 0 Å². The minimum atomic E-state index is -0.111. The summed E-state index contributed by atoms with van der Waals surface area (Å²) in [7, 11) is 0. The molecule has 0 aliphatic rings. The Balaban J connectivity index is 2.38. The maximum Gasteiger partial charge on any atom is 0.267 e. The molecule has 0 aliphatic heterocycles. The van der Waals surface area contributed by atoms with Gasteiger partial charge in [-0.15, -0.1) is 0 Å². The van der Waals surface area contributed by atoms with Crippen molar-refractivity contribution in [1.82, 2.24) is 14.9 Å². The zero-order valence-electron chi connectivity index (χ0n) is 9.52. The van der Waals surface area contributed by atoms with E-state index in [-0.39, 0.29) is 5.56 Å². The summed E-state index contributed by atoms with van der Waals surface area (Å²) in [5.74, 6) is 0.728. The molecule has 16 heavy (non-hydrogen) atoms. The maximum absolute atomic E-state index is 11.6. The first-order valence-electron chi connectivity index (χ1n) is 5.03. The van der Waals surface area contributed by atoms with E-state index >= 15 is 0 Å². The number of nitrogens with zero attached hydrogens (tertiary/aromatic N) is 3. The second-order valence-corrected chi connectivity index (χ2v) is 3.83. The first kappa shape index (κ1) is 10.6. The first-order valence-corrected chi connectivity index (χ1v) is 5.03. The van der Waals surface area contributed by atoms with Crippen molar-refractivity contribution < 1.29 is 4.52 Å². The second kappa shape index (κ2) is 3.92. The number of hydrogen-bond acceptors (Lipinski definition) is 4. The SMILES string of the molecule is Cc1cnn(Cc2c(C)noc2C)c(=O)c1. The summed E-state index contributed by atoms with van der Waals surface area (Å²) in [5, 5.41) is 7.91. The van der Waals surface area contributed by atoms with E-state index in [1.807, 2.05) is 20.8 Å². The van der Waals surface area contributed by atoms with E-state index in [0.717, 1.165) is 22.6 Å². The molecule has 0 saturated heterocycles. The summed E-state index contributed by atoms with van der Waals surface area (Å²) >= 11 is 0. The van der Waals surface area contributed by atoms with E-state index in [4.69, 9.17) is 4.52 Å². The van der Waals surface area contributed by atoms with E-state index in [2.05, 4.69) is 10.3 Å². The largest absolute Gasteiger partial charge is 0.361 e. The first-order chi connectivity index (χ1) is 7.58. The number of aryl methyl sites for hydroxylation is 3. The van der Waals surface area contributed by atoms with Crippen LogP contribution in [0.1, 0.15) is 22.6 Å². The van der Waals surface area contributed by atoms with E-state index < -0.39 is 0 Å². The van der Waals surface area contributed by atoms with Gasteiger partial charge in [-0.05, 0) is 26.3 Å². The van der Waals surface area contributed by atoms with Gasteiger partial charge in [0.25, 0.3) is 5.56 Å². The number of hydrogen-bond donors (Lipinski definition) is 0. The van der Waals surface area contributed by atoms with Crippen LogP contribution in [0.3, 0.4) is 0 Å². The molecule has 0 fully saturated rings. The molecule has 0 radical (unpaired) electrons. The molecule has 0 saturated carbocycles. The molecule has 0 aliphatic carbocycles. The maximum atomic E-state index is 11.6. The van der Waals surface area contributed by atoms with Crippen molar-refractivity contribution in [3.05, 3.63) is 45.2 Å². The van der Waals surface area contributed by atoms with Crippen LogP contribution in [0, 0.1) is 20.8 Å². The zero-order chi connectivity index (χ0) is 11.7. The van der Waals surface area contributed by atoms with Gasteiger partial charge in [0.05, 0.1) is 18.4 Å². The molecule has 0 bridgehead atoms. The molecular formula is C11H13N3O2. The fourth-order valence-corrected chi connectivity index (χ4v) is 1.52. The summed E-state index contributed by atoms with van der Waals surface area (Å²) in [6, 6.07) is 1.56. The molecule has 0 unspecified atom stereocenters. The van der Waals surface area contributed by atoms with Crippen LogP contribution < -0.4 is 5.56 Å². The quantitative estimate of drug-likeness (QED) is 0.761. The minimum absolute atomic E-state index is 0.111. The van der Waals surface area contributed by atoms with Gasteiger partial charge in [-0.1, -0.05) is 5.16 Å². The lowest BCUT2D eigenvalue weighted by Crippen LogP contribution is -2.23. The molecule has 2 aromatic heterocycles. The molecule has 2 rings (SSSR count). The Labute approximate surface area is 92.7 Å². The van der Waals surface area contributed by atoms with E-state index in [9.17, 15) is 4.79 Å². The van der Waals surface area contributed by atoms with Crippen molar-refractivity contribution in [2.45, 2.75) is 27.3 Å². The Morgan fingerprint density at radius 2 is 2.12 bits per heavy atom. The van der Waals surface area contributed by atoms with Crippen molar-refractivity contribution in [3.8, 4) is 0 Å². The standard InChI is InChI=1S/C11H13N3O2/c1-7-4-11(15)14(12-5-7)6-10-8(2)13-16-9(10)3/h4-5H,6H2,1-3H3. The molecule has 2 aromatic rings.